The molecule has 1 aromatic rings. The average molecular weight is 349 g/mol. The van der Waals surface area contributed by atoms with Gasteiger partial charge in [-0.25, -0.2) is 9.36 Å². The second kappa shape index (κ2) is 5.54. The third-order valence-electron chi connectivity index (χ3n) is 1.91. The molecule has 0 aromatic heterocycles. The molecule has 0 fully saturated rings. The molecule has 1 unspecified atom stereocenters. The lowest BCUT2D eigenvalue weighted by molar-refractivity contribution is 0.0716. The highest BCUT2D eigenvalue weighted by atomic mass is 35.5. The molecule has 1 aromatic carbocycles. The number of benzene rings is 1. The number of rotatable bonds is 4. The number of carbonyl (C=O) groups is 1. The first kappa shape index (κ1) is 16.7. The standard InChI is InChI=1S/C8H8Cl2O7P2/c9-8(10,18(12,13)14)19(15,16)17-7(11)6-4-2-1-3-5-6/h1-5H,(H,15,16)(H2,12,13,14). The zero-order chi connectivity index (χ0) is 14.9. The second-order valence-electron chi connectivity index (χ2n) is 3.32. The smallest absolute Gasteiger partial charge is 0.386 e. The Balaban J connectivity index is 3.02. The molecule has 1 atom stereocenters. The van der Waals surface area contributed by atoms with E-state index in [0.717, 1.165) is 0 Å². The molecule has 0 radical (unpaired) electrons. The van der Waals surface area contributed by atoms with Crippen molar-refractivity contribution < 1.29 is 33.1 Å². The Morgan fingerprint density at radius 2 is 1.58 bits per heavy atom. The van der Waals surface area contributed by atoms with Gasteiger partial charge in [0.2, 0.25) is 0 Å². The Morgan fingerprint density at radius 3 is 2.00 bits per heavy atom. The number of halogens is 2. The molecule has 0 amide bonds. The van der Waals surface area contributed by atoms with Crippen LogP contribution in [0, 0.1) is 0 Å². The van der Waals surface area contributed by atoms with Crippen molar-refractivity contribution in [2.24, 2.45) is 0 Å². The molecule has 0 saturated heterocycles. The molecule has 0 aliphatic carbocycles. The molecule has 0 aliphatic rings. The van der Waals surface area contributed by atoms with Gasteiger partial charge in [-0.3, -0.25) is 4.57 Å². The van der Waals surface area contributed by atoms with Crippen molar-refractivity contribution in [2.75, 3.05) is 0 Å². The molecular formula is C8H8Cl2O7P2. The fourth-order valence-electron chi connectivity index (χ4n) is 0.959. The summed E-state index contributed by atoms with van der Waals surface area (Å²) in [6.07, 6.45) is 0. The van der Waals surface area contributed by atoms with E-state index in [-0.39, 0.29) is 5.56 Å². The monoisotopic (exact) mass is 348 g/mol. The van der Waals surface area contributed by atoms with Crippen molar-refractivity contribution in [2.45, 2.75) is 3.82 Å². The third-order valence-corrected chi connectivity index (χ3v) is 7.84. The Bertz CT molecular complexity index is 568. The van der Waals surface area contributed by atoms with Crippen LogP contribution in [-0.4, -0.2) is 24.5 Å². The van der Waals surface area contributed by atoms with Crippen LogP contribution < -0.4 is 0 Å². The Kier molecular flexibility index (Phi) is 4.86. The molecule has 0 spiro atoms. The predicted octanol–water partition coefficient (Wildman–Crippen LogP) is 2.30. The van der Waals surface area contributed by atoms with Crippen LogP contribution in [0.15, 0.2) is 30.3 Å². The maximum atomic E-state index is 11.6. The van der Waals surface area contributed by atoms with Crippen molar-refractivity contribution in [1.82, 2.24) is 0 Å². The summed E-state index contributed by atoms with van der Waals surface area (Å²) in [5.74, 6) is -1.29. The van der Waals surface area contributed by atoms with Crippen molar-refractivity contribution in [3.8, 4) is 0 Å². The number of hydrogen-bond donors (Lipinski definition) is 3. The molecule has 7 nitrogen and oxygen atoms in total. The highest BCUT2D eigenvalue weighted by Crippen LogP contribution is 2.76. The lowest BCUT2D eigenvalue weighted by Gasteiger charge is -2.24. The van der Waals surface area contributed by atoms with Crippen molar-refractivity contribution in [3.63, 3.8) is 0 Å². The SMILES string of the molecule is O=C(OP(=O)(O)C(Cl)(Cl)P(=O)(O)O)c1ccccc1. The first-order valence-corrected chi connectivity index (χ1v) is 8.49. The molecule has 0 saturated carbocycles. The number of carbonyl (C=O) groups excluding carboxylic acids is 1. The maximum absolute atomic E-state index is 11.6. The molecule has 3 N–H and O–H groups in total. The summed E-state index contributed by atoms with van der Waals surface area (Å²) >= 11 is 10.3. The zero-order valence-corrected chi connectivity index (χ0v) is 12.3. The average Bonchev–Trinajstić information content (AvgIpc) is 2.28. The van der Waals surface area contributed by atoms with E-state index in [1.807, 2.05) is 0 Å². The van der Waals surface area contributed by atoms with E-state index >= 15 is 0 Å². The summed E-state index contributed by atoms with van der Waals surface area (Å²) in [7, 11) is -10.7. The summed E-state index contributed by atoms with van der Waals surface area (Å²) in [5, 5.41) is 0. The van der Waals surface area contributed by atoms with E-state index in [1.165, 1.54) is 24.3 Å². The van der Waals surface area contributed by atoms with E-state index in [2.05, 4.69) is 4.52 Å². The van der Waals surface area contributed by atoms with Crippen LogP contribution in [0.1, 0.15) is 10.4 Å². The van der Waals surface area contributed by atoms with Crippen molar-refractivity contribution in [1.29, 1.82) is 0 Å². The molecule has 19 heavy (non-hydrogen) atoms. The Labute approximate surface area is 117 Å². The lowest BCUT2D eigenvalue weighted by Crippen LogP contribution is -2.18. The fraction of sp³-hybridized carbons (Fsp3) is 0.125. The Hall–Kier alpha value is -0.390. The minimum atomic E-state index is -5.40. The third kappa shape index (κ3) is 3.58. The lowest BCUT2D eigenvalue weighted by atomic mass is 10.2. The largest absolute Gasteiger partial charge is 0.427 e. The van der Waals surface area contributed by atoms with E-state index < -0.39 is 25.0 Å². The molecule has 0 heterocycles. The van der Waals surface area contributed by atoms with Gasteiger partial charge in [0.25, 0.3) is 0 Å². The van der Waals surface area contributed by atoms with Gasteiger partial charge in [-0.15, -0.1) is 0 Å². The number of alkyl halides is 2. The van der Waals surface area contributed by atoms with Crippen LogP contribution in [0.5, 0.6) is 0 Å². The quantitative estimate of drug-likeness (QED) is 0.563. The van der Waals surface area contributed by atoms with Gasteiger partial charge in [0.1, 0.15) is 0 Å². The summed E-state index contributed by atoms with van der Waals surface area (Å²) in [6, 6.07) is 7.03. The van der Waals surface area contributed by atoms with Crippen molar-refractivity contribution >= 4 is 44.4 Å². The fourth-order valence-corrected chi connectivity index (χ4v) is 3.05. The Morgan fingerprint density at radius 1 is 1.11 bits per heavy atom. The first-order chi connectivity index (χ1) is 8.49. The summed E-state index contributed by atoms with van der Waals surface area (Å²) in [6.45, 7) is 0. The van der Waals surface area contributed by atoms with Gasteiger partial charge in [0, 0.05) is 0 Å². The van der Waals surface area contributed by atoms with Crippen molar-refractivity contribution in [3.05, 3.63) is 35.9 Å². The van der Waals surface area contributed by atoms with Gasteiger partial charge >= 0.3 is 25.0 Å². The molecule has 11 heteroatoms. The van der Waals surface area contributed by atoms with Gasteiger partial charge in [-0.05, 0) is 12.1 Å². The van der Waals surface area contributed by atoms with E-state index in [1.54, 1.807) is 6.07 Å². The molecular weight excluding hydrogens is 341 g/mol. The first-order valence-electron chi connectivity index (χ1n) is 4.54. The van der Waals surface area contributed by atoms with Gasteiger partial charge in [0.05, 0.1) is 5.56 Å². The minimum absolute atomic E-state index is 0.105. The topological polar surface area (TPSA) is 121 Å². The summed E-state index contributed by atoms with van der Waals surface area (Å²) in [5.41, 5.74) is -0.105. The summed E-state index contributed by atoms with van der Waals surface area (Å²) < 4.78 is 23.3. The van der Waals surface area contributed by atoms with Crippen LogP contribution in [0.3, 0.4) is 0 Å². The van der Waals surface area contributed by atoms with E-state index in [0.29, 0.717) is 0 Å². The van der Waals surface area contributed by atoms with E-state index in [4.69, 9.17) is 33.0 Å². The highest BCUT2D eigenvalue weighted by Gasteiger charge is 2.61. The highest BCUT2D eigenvalue weighted by molar-refractivity contribution is 7.79. The van der Waals surface area contributed by atoms with Gasteiger partial charge in [0.15, 0.2) is 0 Å². The molecule has 0 bridgehead atoms. The van der Waals surface area contributed by atoms with Crippen LogP contribution >= 0.6 is 38.4 Å². The minimum Gasteiger partial charge on any atom is -0.386 e. The number of hydrogen-bond acceptors (Lipinski definition) is 4. The van der Waals surface area contributed by atoms with Gasteiger partial charge in [-0.2, -0.15) is 0 Å². The van der Waals surface area contributed by atoms with Crippen LogP contribution in [0.2, 0.25) is 0 Å². The maximum Gasteiger partial charge on any atom is 0.427 e. The second-order valence-corrected chi connectivity index (χ2v) is 9.71. The van der Waals surface area contributed by atoms with Crippen LogP contribution in [0.25, 0.3) is 0 Å². The predicted molar refractivity (Wildman–Crippen MR) is 68.2 cm³/mol. The normalized spacial score (nSPS) is 15.6. The van der Waals surface area contributed by atoms with Crippen LogP contribution in [-0.2, 0) is 13.7 Å². The molecule has 0 aliphatic heterocycles. The van der Waals surface area contributed by atoms with Crippen LogP contribution in [0.4, 0.5) is 0 Å². The van der Waals surface area contributed by atoms with E-state index in [9.17, 15) is 18.8 Å². The summed E-state index contributed by atoms with van der Waals surface area (Å²) in [4.78, 5) is 38.5. The van der Waals surface area contributed by atoms with Gasteiger partial charge in [-0.1, -0.05) is 41.4 Å². The molecule has 1 rings (SSSR count). The molecule has 106 valence electrons. The van der Waals surface area contributed by atoms with Gasteiger partial charge < -0.3 is 19.2 Å². The zero-order valence-electron chi connectivity index (χ0n) is 9.01.